The highest BCUT2D eigenvalue weighted by atomic mass is 15.0. The van der Waals surface area contributed by atoms with Crippen LogP contribution in [-0.4, -0.2) is 11.5 Å². The maximum Gasteiger partial charge on any atom is 0.144 e. The predicted molar refractivity (Wildman–Crippen MR) is 80.2 cm³/mol. The van der Waals surface area contributed by atoms with E-state index in [1.165, 1.54) is 0 Å². The number of benzene rings is 1. The zero-order chi connectivity index (χ0) is 14.4. The monoisotopic (exact) mass is 266 g/mol. The standard InChI is InChI=1S/C16H18N4/c1-12-7-9-19-16(14(12)11-17)20-10-8-15(18)13-5-3-2-4-6-13/h2-7,9,15H,8,10,18H2,1H3,(H,19,20). The third-order valence-corrected chi connectivity index (χ3v) is 3.25. The number of rotatable bonds is 5. The first-order valence-electron chi connectivity index (χ1n) is 6.62. The minimum Gasteiger partial charge on any atom is -0.369 e. The molecule has 2 rings (SSSR count). The second kappa shape index (κ2) is 6.69. The molecule has 1 aromatic heterocycles. The van der Waals surface area contributed by atoms with E-state index in [9.17, 15) is 0 Å². The zero-order valence-corrected chi connectivity index (χ0v) is 11.5. The number of hydrogen-bond acceptors (Lipinski definition) is 4. The fourth-order valence-corrected chi connectivity index (χ4v) is 2.05. The van der Waals surface area contributed by atoms with Gasteiger partial charge >= 0.3 is 0 Å². The summed E-state index contributed by atoms with van der Waals surface area (Å²) in [6, 6.07) is 14.0. The number of pyridine rings is 1. The topological polar surface area (TPSA) is 74.7 Å². The van der Waals surface area contributed by atoms with E-state index in [0.717, 1.165) is 17.5 Å². The minimum atomic E-state index is -0.0148. The van der Waals surface area contributed by atoms with Gasteiger partial charge in [-0.05, 0) is 30.5 Å². The molecule has 0 spiro atoms. The molecule has 4 heteroatoms. The van der Waals surface area contributed by atoms with Crippen molar-refractivity contribution in [3.8, 4) is 6.07 Å². The maximum atomic E-state index is 9.13. The molecule has 0 aliphatic carbocycles. The molecule has 0 aliphatic rings. The van der Waals surface area contributed by atoms with Gasteiger partial charge in [-0.15, -0.1) is 0 Å². The van der Waals surface area contributed by atoms with Crippen LogP contribution in [0.5, 0.6) is 0 Å². The number of nitriles is 1. The molecule has 0 amide bonds. The Morgan fingerprint density at radius 3 is 2.75 bits per heavy atom. The Hall–Kier alpha value is -2.38. The minimum absolute atomic E-state index is 0.0148. The number of aromatic nitrogens is 1. The van der Waals surface area contributed by atoms with E-state index < -0.39 is 0 Å². The van der Waals surface area contributed by atoms with Crippen molar-refractivity contribution in [2.45, 2.75) is 19.4 Å². The van der Waals surface area contributed by atoms with Crippen LogP contribution < -0.4 is 11.1 Å². The van der Waals surface area contributed by atoms with E-state index in [4.69, 9.17) is 11.0 Å². The summed E-state index contributed by atoms with van der Waals surface area (Å²) in [5.74, 6) is 0.632. The van der Waals surface area contributed by atoms with Crippen molar-refractivity contribution in [3.05, 3.63) is 59.3 Å². The lowest BCUT2D eigenvalue weighted by Crippen LogP contribution is -2.16. The number of aryl methyl sites for hydroxylation is 1. The van der Waals surface area contributed by atoms with Gasteiger partial charge in [-0.25, -0.2) is 4.98 Å². The van der Waals surface area contributed by atoms with Gasteiger partial charge in [0.1, 0.15) is 11.9 Å². The van der Waals surface area contributed by atoms with Crippen molar-refractivity contribution in [3.63, 3.8) is 0 Å². The number of hydrogen-bond donors (Lipinski definition) is 2. The summed E-state index contributed by atoms with van der Waals surface area (Å²) in [6.07, 6.45) is 2.49. The Bertz CT molecular complexity index is 602. The Balaban J connectivity index is 1.94. The van der Waals surface area contributed by atoms with Gasteiger partial charge in [-0.2, -0.15) is 5.26 Å². The number of nitrogens with one attached hydrogen (secondary N) is 1. The van der Waals surface area contributed by atoms with Crippen molar-refractivity contribution >= 4 is 5.82 Å². The average Bonchev–Trinajstić information content (AvgIpc) is 2.48. The largest absolute Gasteiger partial charge is 0.369 e. The lowest BCUT2D eigenvalue weighted by molar-refractivity contribution is 0.674. The first kappa shape index (κ1) is 14.0. The Morgan fingerprint density at radius 2 is 2.05 bits per heavy atom. The van der Waals surface area contributed by atoms with Gasteiger partial charge in [0.2, 0.25) is 0 Å². The zero-order valence-electron chi connectivity index (χ0n) is 11.5. The lowest BCUT2D eigenvalue weighted by atomic mass is 10.0. The Morgan fingerprint density at radius 1 is 1.30 bits per heavy atom. The van der Waals surface area contributed by atoms with Crippen LogP contribution in [0.25, 0.3) is 0 Å². The number of nitrogens with two attached hydrogens (primary N) is 1. The van der Waals surface area contributed by atoms with Gasteiger partial charge in [0.15, 0.2) is 0 Å². The van der Waals surface area contributed by atoms with Gasteiger partial charge in [0.05, 0.1) is 5.56 Å². The van der Waals surface area contributed by atoms with Crippen molar-refractivity contribution in [2.24, 2.45) is 5.73 Å². The summed E-state index contributed by atoms with van der Waals surface area (Å²) in [4.78, 5) is 4.21. The molecule has 102 valence electrons. The lowest BCUT2D eigenvalue weighted by Gasteiger charge is -2.13. The van der Waals surface area contributed by atoms with E-state index in [2.05, 4.69) is 16.4 Å². The van der Waals surface area contributed by atoms with Crippen molar-refractivity contribution in [1.29, 1.82) is 5.26 Å². The molecular weight excluding hydrogens is 248 g/mol. The van der Waals surface area contributed by atoms with Crippen LogP contribution >= 0.6 is 0 Å². The second-order valence-corrected chi connectivity index (χ2v) is 4.70. The highest BCUT2D eigenvalue weighted by molar-refractivity contribution is 5.55. The van der Waals surface area contributed by atoms with Crippen LogP contribution in [0.4, 0.5) is 5.82 Å². The van der Waals surface area contributed by atoms with Crippen LogP contribution in [-0.2, 0) is 0 Å². The third-order valence-electron chi connectivity index (χ3n) is 3.25. The van der Waals surface area contributed by atoms with E-state index in [0.29, 0.717) is 17.9 Å². The molecule has 4 nitrogen and oxygen atoms in total. The summed E-state index contributed by atoms with van der Waals surface area (Å²) in [7, 11) is 0. The van der Waals surface area contributed by atoms with Gasteiger partial charge in [-0.3, -0.25) is 0 Å². The predicted octanol–water partition coefficient (Wildman–Crippen LogP) is 2.76. The van der Waals surface area contributed by atoms with E-state index >= 15 is 0 Å². The summed E-state index contributed by atoms with van der Waals surface area (Å²) < 4.78 is 0. The normalized spacial score (nSPS) is 11.7. The van der Waals surface area contributed by atoms with E-state index in [-0.39, 0.29) is 6.04 Å². The molecule has 0 saturated heterocycles. The average molecular weight is 266 g/mol. The molecule has 1 atom stereocenters. The van der Waals surface area contributed by atoms with Gasteiger partial charge in [0.25, 0.3) is 0 Å². The summed E-state index contributed by atoms with van der Waals surface area (Å²) in [5.41, 5.74) is 8.78. The molecule has 0 radical (unpaired) electrons. The van der Waals surface area contributed by atoms with Crippen molar-refractivity contribution < 1.29 is 0 Å². The first-order valence-corrected chi connectivity index (χ1v) is 6.62. The highest BCUT2D eigenvalue weighted by Crippen LogP contribution is 2.17. The number of nitrogens with zero attached hydrogens (tertiary/aromatic N) is 2. The smallest absolute Gasteiger partial charge is 0.144 e. The fourth-order valence-electron chi connectivity index (χ4n) is 2.05. The van der Waals surface area contributed by atoms with Crippen LogP contribution in [0.15, 0.2) is 42.6 Å². The van der Waals surface area contributed by atoms with E-state index in [1.54, 1.807) is 6.20 Å². The summed E-state index contributed by atoms with van der Waals surface area (Å²) in [5, 5.41) is 12.3. The molecule has 1 heterocycles. The number of anilines is 1. The molecule has 2 aromatic rings. The molecule has 1 aromatic carbocycles. The molecule has 0 aliphatic heterocycles. The van der Waals surface area contributed by atoms with Crippen LogP contribution in [0.1, 0.15) is 29.2 Å². The van der Waals surface area contributed by atoms with E-state index in [1.807, 2.05) is 43.3 Å². The quantitative estimate of drug-likeness (QED) is 0.872. The summed E-state index contributed by atoms with van der Waals surface area (Å²) in [6.45, 7) is 2.59. The Kier molecular flexibility index (Phi) is 4.70. The highest BCUT2D eigenvalue weighted by Gasteiger charge is 2.08. The molecule has 20 heavy (non-hydrogen) atoms. The van der Waals surface area contributed by atoms with Gasteiger partial charge in [-0.1, -0.05) is 30.3 Å². The van der Waals surface area contributed by atoms with Gasteiger partial charge < -0.3 is 11.1 Å². The molecule has 0 fully saturated rings. The molecule has 0 bridgehead atoms. The second-order valence-electron chi connectivity index (χ2n) is 4.70. The molecule has 1 unspecified atom stereocenters. The fraction of sp³-hybridized carbons (Fsp3) is 0.250. The van der Waals surface area contributed by atoms with Crippen LogP contribution in [0.3, 0.4) is 0 Å². The van der Waals surface area contributed by atoms with Crippen LogP contribution in [0.2, 0.25) is 0 Å². The third kappa shape index (κ3) is 3.34. The van der Waals surface area contributed by atoms with Crippen LogP contribution in [0, 0.1) is 18.3 Å². The van der Waals surface area contributed by atoms with Crippen molar-refractivity contribution in [1.82, 2.24) is 4.98 Å². The Labute approximate surface area is 119 Å². The van der Waals surface area contributed by atoms with Crippen molar-refractivity contribution in [2.75, 3.05) is 11.9 Å². The summed E-state index contributed by atoms with van der Waals surface area (Å²) >= 11 is 0. The molecule has 3 N–H and O–H groups in total. The van der Waals surface area contributed by atoms with Gasteiger partial charge in [0, 0.05) is 18.8 Å². The first-order chi connectivity index (χ1) is 9.72. The maximum absolute atomic E-state index is 9.13. The molecule has 0 saturated carbocycles. The molecular formula is C16H18N4. The SMILES string of the molecule is Cc1ccnc(NCCC(N)c2ccccc2)c1C#N.